The second-order valence-corrected chi connectivity index (χ2v) is 4.72. The Bertz CT molecular complexity index is 504. The van der Waals surface area contributed by atoms with Crippen LogP contribution in [-0.4, -0.2) is 24.3 Å². The lowest BCUT2D eigenvalue weighted by molar-refractivity contribution is -0.137. The third kappa shape index (κ3) is 2.77. The van der Waals surface area contributed by atoms with Gasteiger partial charge in [-0.05, 0) is 23.6 Å². The number of carbonyl (C=O) groups is 1. The summed E-state index contributed by atoms with van der Waals surface area (Å²) in [6.45, 7) is 2.84. The van der Waals surface area contributed by atoms with E-state index in [0.717, 1.165) is 5.56 Å². The maximum Gasteiger partial charge on any atom is 0.305 e. The van der Waals surface area contributed by atoms with Gasteiger partial charge in [0.1, 0.15) is 13.2 Å². The van der Waals surface area contributed by atoms with Gasteiger partial charge >= 0.3 is 5.97 Å². The molecule has 0 amide bonds. The molecule has 0 radical (unpaired) electrons. The van der Waals surface area contributed by atoms with Crippen LogP contribution in [0.5, 0.6) is 11.5 Å². The van der Waals surface area contributed by atoms with E-state index in [2.05, 4.69) is 0 Å². The molecule has 1 aliphatic rings. The minimum atomic E-state index is -0.944. The van der Waals surface area contributed by atoms with Gasteiger partial charge < -0.3 is 20.3 Å². The van der Waals surface area contributed by atoms with Gasteiger partial charge in [-0.2, -0.15) is 0 Å². The molecule has 1 aliphatic heterocycles. The third-order valence-electron chi connectivity index (χ3n) is 3.06. The fourth-order valence-corrected chi connectivity index (χ4v) is 2.58. The molecule has 0 bridgehead atoms. The molecule has 0 saturated heterocycles. The molecule has 3 N–H and O–H groups in total. The molecule has 1 unspecified atom stereocenters. The minimum absolute atomic E-state index is 0.150. The van der Waals surface area contributed by atoms with Crippen LogP contribution < -0.4 is 15.2 Å². The molecule has 5 nitrogen and oxygen atoms in total. The molecule has 0 fully saturated rings. The lowest BCUT2D eigenvalue weighted by Gasteiger charge is -2.24. The highest BCUT2D eigenvalue weighted by Gasteiger charge is 2.24. The molecular weight excluding hydrogens is 270 g/mol. The van der Waals surface area contributed by atoms with Gasteiger partial charge in [0, 0.05) is 6.04 Å². The summed E-state index contributed by atoms with van der Waals surface area (Å²) in [5.74, 6) is 0.112. The molecule has 1 aromatic carbocycles. The highest BCUT2D eigenvalue weighted by atomic mass is 35.5. The van der Waals surface area contributed by atoms with Gasteiger partial charge in [0.25, 0.3) is 0 Å². The zero-order valence-electron chi connectivity index (χ0n) is 10.6. The van der Waals surface area contributed by atoms with Crippen molar-refractivity contribution in [2.45, 2.75) is 25.8 Å². The zero-order chi connectivity index (χ0) is 14.0. The number of ether oxygens (including phenoxy) is 2. The fraction of sp³-hybridized carbons (Fsp3) is 0.462. The molecular formula is C13H16ClNO4. The number of carboxylic acids is 1. The molecule has 1 heterocycles. The number of fused-ring (bicyclic) bond motifs is 1. The lowest BCUT2D eigenvalue weighted by atomic mass is 9.96. The van der Waals surface area contributed by atoms with Crippen molar-refractivity contribution in [2.75, 3.05) is 13.2 Å². The van der Waals surface area contributed by atoms with E-state index in [-0.39, 0.29) is 6.42 Å². The van der Waals surface area contributed by atoms with E-state index in [1.54, 1.807) is 6.07 Å². The second kappa shape index (κ2) is 5.67. The largest absolute Gasteiger partial charge is 0.486 e. The van der Waals surface area contributed by atoms with Crippen molar-refractivity contribution in [1.82, 2.24) is 0 Å². The van der Waals surface area contributed by atoms with Gasteiger partial charge in [0.05, 0.1) is 11.4 Å². The Morgan fingerprint density at radius 2 is 2.21 bits per heavy atom. The van der Waals surface area contributed by atoms with Crippen LogP contribution in [0.4, 0.5) is 0 Å². The van der Waals surface area contributed by atoms with Crippen LogP contribution >= 0.6 is 11.6 Å². The summed E-state index contributed by atoms with van der Waals surface area (Å²) in [6, 6.07) is 1.13. The van der Waals surface area contributed by atoms with Gasteiger partial charge in [0.15, 0.2) is 11.5 Å². The summed E-state index contributed by atoms with van der Waals surface area (Å²) >= 11 is 6.30. The summed E-state index contributed by atoms with van der Waals surface area (Å²) in [6.07, 6.45) is 0.501. The minimum Gasteiger partial charge on any atom is -0.486 e. The molecule has 1 aromatic rings. The van der Waals surface area contributed by atoms with Crippen LogP contribution in [0.25, 0.3) is 0 Å². The Balaban J connectivity index is 2.47. The Morgan fingerprint density at radius 1 is 1.53 bits per heavy atom. The number of nitrogens with two attached hydrogens (primary N) is 1. The number of halogens is 1. The van der Waals surface area contributed by atoms with Crippen LogP contribution in [0.15, 0.2) is 6.07 Å². The van der Waals surface area contributed by atoms with Crippen molar-refractivity contribution in [3.63, 3.8) is 0 Å². The number of rotatable bonds is 4. The van der Waals surface area contributed by atoms with Gasteiger partial charge in [-0.1, -0.05) is 18.5 Å². The molecule has 0 saturated carbocycles. The van der Waals surface area contributed by atoms with Crippen LogP contribution in [0.1, 0.15) is 30.5 Å². The van der Waals surface area contributed by atoms with E-state index in [1.807, 2.05) is 6.92 Å². The first-order chi connectivity index (χ1) is 9.04. The summed E-state index contributed by atoms with van der Waals surface area (Å²) in [4.78, 5) is 10.8. The van der Waals surface area contributed by atoms with Gasteiger partial charge in [0.2, 0.25) is 0 Å². The highest BCUT2D eigenvalue weighted by Crippen LogP contribution is 2.43. The average molecular weight is 286 g/mol. The molecule has 0 aromatic heterocycles. The number of benzene rings is 1. The predicted octanol–water partition coefficient (Wildman–Crippen LogP) is 2.15. The number of hydrogen-bond donors (Lipinski definition) is 2. The Labute approximate surface area is 116 Å². The van der Waals surface area contributed by atoms with Crippen molar-refractivity contribution >= 4 is 17.6 Å². The third-order valence-corrected chi connectivity index (χ3v) is 3.46. The van der Waals surface area contributed by atoms with E-state index < -0.39 is 12.0 Å². The monoisotopic (exact) mass is 285 g/mol. The number of hydrogen-bond acceptors (Lipinski definition) is 4. The Kier molecular flexibility index (Phi) is 4.17. The van der Waals surface area contributed by atoms with Crippen molar-refractivity contribution in [1.29, 1.82) is 0 Å². The summed E-state index contributed by atoms with van der Waals surface area (Å²) < 4.78 is 11.0. The average Bonchev–Trinajstić information content (AvgIpc) is 2.38. The molecule has 19 heavy (non-hydrogen) atoms. The molecule has 0 aliphatic carbocycles. The number of carboxylic acid groups (broad SMARTS) is 1. The molecule has 104 valence electrons. The topological polar surface area (TPSA) is 81.8 Å². The Hall–Kier alpha value is -1.46. The first kappa shape index (κ1) is 14.0. The standard InChI is InChI=1S/C13H16ClNO4/c1-2-7-8(9(15)6-11(16)17)5-10-13(12(7)14)19-4-3-18-10/h5,9H,2-4,6,15H2,1H3,(H,16,17). The predicted molar refractivity (Wildman–Crippen MR) is 71.0 cm³/mol. The van der Waals surface area contributed by atoms with Crippen molar-refractivity contribution in [2.24, 2.45) is 5.73 Å². The van der Waals surface area contributed by atoms with Crippen LogP contribution in [0.3, 0.4) is 0 Å². The highest BCUT2D eigenvalue weighted by molar-refractivity contribution is 6.33. The first-order valence-electron chi connectivity index (χ1n) is 6.12. The SMILES string of the molecule is CCc1c(C(N)CC(=O)O)cc2c(c1Cl)OCCO2. The van der Waals surface area contributed by atoms with E-state index in [0.29, 0.717) is 41.7 Å². The van der Waals surface area contributed by atoms with Crippen LogP contribution in [0.2, 0.25) is 5.02 Å². The Morgan fingerprint density at radius 3 is 2.84 bits per heavy atom. The molecule has 6 heteroatoms. The van der Waals surface area contributed by atoms with E-state index in [9.17, 15) is 4.79 Å². The summed E-state index contributed by atoms with van der Waals surface area (Å²) in [5, 5.41) is 9.32. The van der Waals surface area contributed by atoms with E-state index >= 15 is 0 Å². The van der Waals surface area contributed by atoms with Gasteiger partial charge in [-0.25, -0.2) is 0 Å². The van der Waals surface area contributed by atoms with Gasteiger partial charge in [-0.3, -0.25) is 4.79 Å². The zero-order valence-corrected chi connectivity index (χ0v) is 11.4. The quantitative estimate of drug-likeness (QED) is 0.886. The normalized spacial score (nSPS) is 15.1. The van der Waals surface area contributed by atoms with E-state index in [4.69, 9.17) is 31.9 Å². The molecule has 1 atom stereocenters. The summed E-state index contributed by atoms with van der Waals surface area (Å²) in [5.41, 5.74) is 7.47. The van der Waals surface area contributed by atoms with E-state index in [1.165, 1.54) is 0 Å². The molecule has 2 rings (SSSR count). The fourth-order valence-electron chi connectivity index (χ4n) is 2.19. The van der Waals surface area contributed by atoms with Crippen molar-refractivity contribution in [3.8, 4) is 11.5 Å². The summed E-state index contributed by atoms with van der Waals surface area (Å²) in [7, 11) is 0. The number of aliphatic carboxylic acids is 1. The second-order valence-electron chi connectivity index (χ2n) is 4.34. The smallest absolute Gasteiger partial charge is 0.305 e. The molecule has 0 spiro atoms. The van der Waals surface area contributed by atoms with Crippen LogP contribution in [-0.2, 0) is 11.2 Å². The van der Waals surface area contributed by atoms with Gasteiger partial charge in [-0.15, -0.1) is 0 Å². The van der Waals surface area contributed by atoms with Crippen molar-refractivity contribution in [3.05, 3.63) is 22.2 Å². The maximum atomic E-state index is 10.8. The first-order valence-corrected chi connectivity index (χ1v) is 6.50. The maximum absolute atomic E-state index is 10.8. The van der Waals surface area contributed by atoms with Crippen LogP contribution in [0, 0.1) is 0 Å². The van der Waals surface area contributed by atoms with Crippen molar-refractivity contribution < 1.29 is 19.4 Å². The lowest BCUT2D eigenvalue weighted by Crippen LogP contribution is -2.20.